The van der Waals surface area contributed by atoms with Crippen molar-refractivity contribution in [1.82, 2.24) is 19.7 Å². The van der Waals surface area contributed by atoms with Crippen LogP contribution in [0.5, 0.6) is 0 Å². The Bertz CT molecular complexity index is 536. The third-order valence-electron chi connectivity index (χ3n) is 2.38. The first-order valence-corrected chi connectivity index (χ1v) is 5.86. The number of nitrogen functional groups attached to an aromatic ring is 1. The van der Waals surface area contributed by atoms with E-state index in [1.807, 2.05) is 20.2 Å². The van der Waals surface area contributed by atoms with Gasteiger partial charge in [-0.25, -0.2) is 9.97 Å². The van der Waals surface area contributed by atoms with E-state index < -0.39 is 0 Å². The molecule has 0 saturated carbocycles. The van der Waals surface area contributed by atoms with Crippen LogP contribution < -0.4 is 11.1 Å². The number of rotatable bonds is 3. The molecule has 0 aromatic carbocycles. The van der Waals surface area contributed by atoms with Gasteiger partial charge in [0.15, 0.2) is 0 Å². The summed E-state index contributed by atoms with van der Waals surface area (Å²) in [6.45, 7) is 2.62. The van der Waals surface area contributed by atoms with Crippen molar-refractivity contribution in [3.8, 4) is 0 Å². The molecule has 90 valence electrons. The van der Waals surface area contributed by atoms with Gasteiger partial charge in [-0.3, -0.25) is 4.68 Å². The van der Waals surface area contributed by atoms with Crippen LogP contribution in [0.15, 0.2) is 17.0 Å². The van der Waals surface area contributed by atoms with Gasteiger partial charge in [-0.05, 0) is 22.9 Å². The van der Waals surface area contributed by atoms with Crippen LogP contribution in [0.4, 0.5) is 11.6 Å². The maximum atomic E-state index is 5.67. The summed E-state index contributed by atoms with van der Waals surface area (Å²) in [4.78, 5) is 7.99. The van der Waals surface area contributed by atoms with E-state index in [0.29, 0.717) is 22.7 Å². The Hall–Kier alpha value is -1.63. The van der Waals surface area contributed by atoms with E-state index in [1.54, 1.807) is 4.68 Å². The van der Waals surface area contributed by atoms with Gasteiger partial charge in [0.25, 0.3) is 0 Å². The summed E-state index contributed by atoms with van der Waals surface area (Å²) >= 11 is 3.34. The van der Waals surface area contributed by atoms with Crippen molar-refractivity contribution < 1.29 is 0 Å². The number of nitrogens with zero attached hydrogens (tertiary/aromatic N) is 4. The summed E-state index contributed by atoms with van der Waals surface area (Å²) in [5.74, 6) is 1.10. The van der Waals surface area contributed by atoms with Crippen LogP contribution >= 0.6 is 15.9 Å². The summed E-state index contributed by atoms with van der Waals surface area (Å²) in [6.07, 6.45) is 3.40. The molecule has 0 unspecified atom stereocenters. The van der Waals surface area contributed by atoms with Gasteiger partial charge in [-0.2, -0.15) is 5.10 Å². The van der Waals surface area contributed by atoms with Gasteiger partial charge in [0, 0.05) is 25.4 Å². The molecule has 0 radical (unpaired) electrons. The maximum absolute atomic E-state index is 5.67. The molecule has 0 spiro atoms. The van der Waals surface area contributed by atoms with E-state index in [2.05, 4.69) is 36.3 Å². The Morgan fingerprint density at radius 2 is 2.24 bits per heavy atom. The third kappa shape index (κ3) is 2.55. The van der Waals surface area contributed by atoms with Gasteiger partial charge in [-0.1, -0.05) is 0 Å². The summed E-state index contributed by atoms with van der Waals surface area (Å²) < 4.78 is 2.47. The number of halogens is 1. The van der Waals surface area contributed by atoms with Crippen molar-refractivity contribution in [3.63, 3.8) is 0 Å². The van der Waals surface area contributed by atoms with E-state index in [1.165, 1.54) is 6.33 Å². The molecule has 0 saturated heterocycles. The first-order chi connectivity index (χ1) is 8.08. The molecule has 2 rings (SSSR count). The van der Waals surface area contributed by atoms with Crippen LogP contribution in [-0.2, 0) is 13.6 Å². The predicted molar refractivity (Wildman–Crippen MR) is 69.4 cm³/mol. The molecule has 17 heavy (non-hydrogen) atoms. The molecule has 6 nitrogen and oxygen atoms in total. The number of hydrogen-bond acceptors (Lipinski definition) is 5. The predicted octanol–water partition coefficient (Wildman–Crippen LogP) is 1.48. The minimum Gasteiger partial charge on any atom is -0.383 e. The van der Waals surface area contributed by atoms with E-state index in [0.717, 1.165) is 11.3 Å². The van der Waals surface area contributed by atoms with Crippen LogP contribution in [0.2, 0.25) is 0 Å². The first-order valence-electron chi connectivity index (χ1n) is 5.07. The van der Waals surface area contributed by atoms with Crippen LogP contribution in [0, 0.1) is 6.92 Å². The van der Waals surface area contributed by atoms with Crippen LogP contribution in [0.3, 0.4) is 0 Å². The quantitative estimate of drug-likeness (QED) is 0.896. The van der Waals surface area contributed by atoms with E-state index >= 15 is 0 Å². The summed E-state index contributed by atoms with van der Waals surface area (Å²) in [7, 11) is 1.90. The van der Waals surface area contributed by atoms with Crippen molar-refractivity contribution in [2.75, 3.05) is 11.1 Å². The molecular weight excluding hydrogens is 284 g/mol. The average molecular weight is 297 g/mol. The molecule has 0 aliphatic rings. The molecule has 2 heterocycles. The molecule has 0 aliphatic heterocycles. The lowest BCUT2D eigenvalue weighted by atomic mass is 10.2. The topological polar surface area (TPSA) is 81.7 Å². The monoisotopic (exact) mass is 296 g/mol. The van der Waals surface area contributed by atoms with Crippen molar-refractivity contribution in [3.05, 3.63) is 28.3 Å². The molecular formula is C10H13BrN6. The minimum atomic E-state index is 0.422. The highest BCUT2D eigenvalue weighted by molar-refractivity contribution is 9.10. The maximum Gasteiger partial charge on any atom is 0.146 e. The van der Waals surface area contributed by atoms with Crippen molar-refractivity contribution >= 4 is 27.6 Å². The lowest BCUT2D eigenvalue weighted by Crippen LogP contribution is -2.04. The zero-order valence-corrected chi connectivity index (χ0v) is 11.2. The second-order valence-electron chi connectivity index (χ2n) is 3.69. The van der Waals surface area contributed by atoms with E-state index in [4.69, 9.17) is 5.73 Å². The second-order valence-corrected chi connectivity index (χ2v) is 4.48. The zero-order chi connectivity index (χ0) is 12.4. The minimum absolute atomic E-state index is 0.422. The average Bonchev–Trinajstić information content (AvgIpc) is 2.60. The fraction of sp³-hybridized carbons (Fsp3) is 0.300. The van der Waals surface area contributed by atoms with E-state index in [9.17, 15) is 0 Å². The Labute approximate surface area is 107 Å². The Balaban J connectivity index is 2.12. The number of aryl methyl sites for hydroxylation is 2. The molecule has 0 aliphatic carbocycles. The second kappa shape index (κ2) is 4.70. The Kier molecular flexibility index (Phi) is 3.28. The largest absolute Gasteiger partial charge is 0.383 e. The highest BCUT2D eigenvalue weighted by atomic mass is 79.9. The molecule has 7 heteroatoms. The first kappa shape index (κ1) is 11.8. The molecule has 3 N–H and O–H groups in total. The van der Waals surface area contributed by atoms with Gasteiger partial charge in [0.2, 0.25) is 0 Å². The molecule has 2 aromatic rings. The van der Waals surface area contributed by atoms with Gasteiger partial charge in [0.05, 0.1) is 5.69 Å². The number of hydrogen-bond donors (Lipinski definition) is 2. The molecule has 0 atom stereocenters. The van der Waals surface area contributed by atoms with Crippen molar-refractivity contribution in [1.29, 1.82) is 0 Å². The van der Waals surface area contributed by atoms with Gasteiger partial charge >= 0.3 is 0 Å². The number of nitrogens with one attached hydrogen (secondary N) is 1. The summed E-state index contributed by atoms with van der Waals surface area (Å²) in [5.41, 5.74) is 7.79. The SMILES string of the molecule is Cc1nn(C)cc1CNc1ncnc(N)c1Br. The van der Waals surface area contributed by atoms with Crippen molar-refractivity contribution in [2.45, 2.75) is 13.5 Å². The highest BCUT2D eigenvalue weighted by Gasteiger charge is 2.07. The van der Waals surface area contributed by atoms with Crippen LogP contribution in [-0.4, -0.2) is 19.7 Å². The molecule has 0 amide bonds. The lowest BCUT2D eigenvalue weighted by Gasteiger charge is -2.07. The zero-order valence-electron chi connectivity index (χ0n) is 9.61. The fourth-order valence-corrected chi connectivity index (χ4v) is 1.85. The summed E-state index contributed by atoms with van der Waals surface area (Å²) in [6, 6.07) is 0. The van der Waals surface area contributed by atoms with E-state index in [-0.39, 0.29) is 0 Å². The molecule has 2 aromatic heterocycles. The molecule has 0 bridgehead atoms. The van der Waals surface area contributed by atoms with Gasteiger partial charge in [0.1, 0.15) is 22.4 Å². The number of aromatic nitrogens is 4. The lowest BCUT2D eigenvalue weighted by molar-refractivity contribution is 0.756. The standard InChI is InChI=1S/C10H13BrN6/c1-6-7(4-17(2)16-6)3-13-10-8(11)9(12)14-5-15-10/h4-5H,3H2,1-2H3,(H3,12,13,14,15). The van der Waals surface area contributed by atoms with Gasteiger partial charge in [-0.15, -0.1) is 0 Å². The smallest absolute Gasteiger partial charge is 0.146 e. The third-order valence-corrected chi connectivity index (χ3v) is 3.16. The van der Waals surface area contributed by atoms with Crippen LogP contribution in [0.25, 0.3) is 0 Å². The van der Waals surface area contributed by atoms with Crippen LogP contribution in [0.1, 0.15) is 11.3 Å². The van der Waals surface area contributed by atoms with Crippen molar-refractivity contribution in [2.24, 2.45) is 7.05 Å². The summed E-state index contributed by atoms with van der Waals surface area (Å²) in [5, 5.41) is 7.46. The molecule has 0 fully saturated rings. The Morgan fingerprint density at radius 1 is 1.47 bits per heavy atom. The van der Waals surface area contributed by atoms with Gasteiger partial charge < -0.3 is 11.1 Å². The highest BCUT2D eigenvalue weighted by Crippen LogP contribution is 2.24. The number of nitrogens with two attached hydrogens (primary N) is 1. The fourth-order valence-electron chi connectivity index (χ4n) is 1.51. The normalized spacial score (nSPS) is 10.5. The Morgan fingerprint density at radius 3 is 2.88 bits per heavy atom. The number of anilines is 2.